The molecule has 3 rings (SSSR count). The largest absolute Gasteiger partial charge is 0.488 e. The van der Waals surface area contributed by atoms with Gasteiger partial charge < -0.3 is 20.1 Å². The molecule has 0 radical (unpaired) electrons. The van der Waals surface area contributed by atoms with Gasteiger partial charge in [-0.2, -0.15) is 0 Å². The predicted octanol–water partition coefficient (Wildman–Crippen LogP) is 2.17. The van der Waals surface area contributed by atoms with E-state index in [1.54, 1.807) is 0 Å². The third kappa shape index (κ3) is 3.25. The van der Waals surface area contributed by atoms with Crippen molar-refractivity contribution in [3.63, 3.8) is 0 Å². The van der Waals surface area contributed by atoms with Crippen LogP contribution in [-0.4, -0.2) is 38.4 Å². The Morgan fingerprint density at radius 1 is 1.15 bits per heavy atom. The summed E-state index contributed by atoms with van der Waals surface area (Å²) < 4.78 is 11.6. The Bertz CT molecular complexity index is 432. The molecule has 2 aliphatic heterocycles. The lowest BCUT2D eigenvalue weighted by Gasteiger charge is -2.34. The first-order valence-corrected chi connectivity index (χ1v) is 7.67. The normalized spacial score (nSPS) is 24.6. The van der Waals surface area contributed by atoms with Gasteiger partial charge in [0.25, 0.3) is 0 Å². The summed E-state index contributed by atoms with van der Waals surface area (Å²) in [5.41, 5.74) is 7.29. The van der Waals surface area contributed by atoms with E-state index in [2.05, 4.69) is 23.1 Å². The molecule has 2 heterocycles. The quantitative estimate of drug-likeness (QED) is 0.919. The molecule has 4 nitrogen and oxygen atoms in total. The van der Waals surface area contributed by atoms with Crippen LogP contribution in [0.1, 0.15) is 25.7 Å². The molecule has 2 aliphatic rings. The van der Waals surface area contributed by atoms with Gasteiger partial charge in [0, 0.05) is 32.0 Å². The van der Waals surface area contributed by atoms with Crippen molar-refractivity contribution in [2.75, 3.05) is 31.2 Å². The standard InChI is InChI=1S/C16H24N2O2/c17-13-4-3-9-18(12-13)15-5-1-2-6-16(15)20-14-7-10-19-11-8-14/h1-2,5-6,13-14H,3-4,7-12,17H2. The van der Waals surface area contributed by atoms with Crippen LogP contribution in [0.5, 0.6) is 5.75 Å². The van der Waals surface area contributed by atoms with E-state index >= 15 is 0 Å². The number of piperidine rings is 1. The number of hydrogen-bond donors (Lipinski definition) is 1. The molecule has 1 aromatic rings. The molecule has 1 unspecified atom stereocenters. The van der Waals surface area contributed by atoms with Crippen molar-refractivity contribution in [1.29, 1.82) is 0 Å². The number of nitrogens with zero attached hydrogens (tertiary/aromatic N) is 1. The molecule has 2 fully saturated rings. The molecule has 0 aliphatic carbocycles. The van der Waals surface area contributed by atoms with E-state index in [1.807, 2.05) is 6.07 Å². The first-order chi connectivity index (χ1) is 9.83. The van der Waals surface area contributed by atoms with Gasteiger partial charge in [-0.15, -0.1) is 0 Å². The van der Waals surface area contributed by atoms with Gasteiger partial charge in [0.1, 0.15) is 11.9 Å². The highest BCUT2D eigenvalue weighted by molar-refractivity contribution is 5.58. The Balaban J connectivity index is 1.73. The second-order valence-electron chi connectivity index (χ2n) is 5.75. The van der Waals surface area contributed by atoms with Crippen LogP contribution in [0.2, 0.25) is 0 Å². The summed E-state index contributed by atoms with van der Waals surface area (Å²) in [7, 11) is 0. The molecule has 1 atom stereocenters. The van der Waals surface area contributed by atoms with Crippen LogP contribution in [-0.2, 0) is 4.74 Å². The second-order valence-corrected chi connectivity index (χ2v) is 5.75. The van der Waals surface area contributed by atoms with Gasteiger partial charge in [-0.1, -0.05) is 12.1 Å². The maximum Gasteiger partial charge on any atom is 0.143 e. The molecule has 0 spiro atoms. The van der Waals surface area contributed by atoms with Gasteiger partial charge in [0.15, 0.2) is 0 Å². The second kappa shape index (κ2) is 6.46. The molecule has 1 aromatic carbocycles. The summed E-state index contributed by atoms with van der Waals surface area (Å²) in [5, 5.41) is 0. The van der Waals surface area contributed by atoms with Gasteiger partial charge >= 0.3 is 0 Å². The fourth-order valence-corrected chi connectivity index (χ4v) is 3.02. The minimum absolute atomic E-state index is 0.278. The summed E-state index contributed by atoms with van der Waals surface area (Å²) in [4.78, 5) is 2.36. The van der Waals surface area contributed by atoms with Crippen molar-refractivity contribution in [1.82, 2.24) is 0 Å². The Morgan fingerprint density at radius 2 is 1.95 bits per heavy atom. The lowest BCUT2D eigenvalue weighted by molar-refractivity contribution is 0.0257. The highest BCUT2D eigenvalue weighted by Gasteiger charge is 2.22. The van der Waals surface area contributed by atoms with E-state index < -0.39 is 0 Å². The number of para-hydroxylation sites is 2. The van der Waals surface area contributed by atoms with Gasteiger partial charge in [-0.3, -0.25) is 0 Å². The van der Waals surface area contributed by atoms with Crippen molar-refractivity contribution in [2.24, 2.45) is 5.73 Å². The molecule has 2 saturated heterocycles. The van der Waals surface area contributed by atoms with Crippen molar-refractivity contribution in [3.8, 4) is 5.75 Å². The maximum absolute atomic E-state index is 6.21. The average Bonchev–Trinajstić information content (AvgIpc) is 2.49. The molecule has 0 bridgehead atoms. The number of ether oxygens (including phenoxy) is 2. The number of hydrogen-bond acceptors (Lipinski definition) is 4. The van der Waals surface area contributed by atoms with E-state index in [1.165, 1.54) is 5.69 Å². The Hall–Kier alpha value is -1.26. The van der Waals surface area contributed by atoms with Crippen molar-refractivity contribution in [2.45, 2.75) is 37.8 Å². The lowest BCUT2D eigenvalue weighted by atomic mass is 10.1. The van der Waals surface area contributed by atoms with Crippen molar-refractivity contribution >= 4 is 5.69 Å². The fraction of sp³-hybridized carbons (Fsp3) is 0.625. The van der Waals surface area contributed by atoms with Crippen molar-refractivity contribution < 1.29 is 9.47 Å². The van der Waals surface area contributed by atoms with Gasteiger partial charge in [-0.05, 0) is 25.0 Å². The summed E-state index contributed by atoms with van der Waals surface area (Å²) in [5.74, 6) is 0.994. The zero-order chi connectivity index (χ0) is 13.8. The predicted molar refractivity (Wildman–Crippen MR) is 80.3 cm³/mol. The molecule has 2 N–H and O–H groups in total. The Kier molecular flexibility index (Phi) is 4.43. The molecule has 0 saturated carbocycles. The van der Waals surface area contributed by atoms with E-state index in [9.17, 15) is 0 Å². The maximum atomic E-state index is 6.21. The molecular weight excluding hydrogens is 252 g/mol. The van der Waals surface area contributed by atoms with E-state index in [0.29, 0.717) is 0 Å². The van der Waals surface area contributed by atoms with Gasteiger partial charge in [0.2, 0.25) is 0 Å². The number of rotatable bonds is 3. The molecule has 0 amide bonds. The van der Waals surface area contributed by atoms with E-state index in [4.69, 9.17) is 15.2 Å². The first kappa shape index (κ1) is 13.7. The number of anilines is 1. The Morgan fingerprint density at radius 3 is 2.75 bits per heavy atom. The fourth-order valence-electron chi connectivity index (χ4n) is 3.02. The smallest absolute Gasteiger partial charge is 0.143 e. The first-order valence-electron chi connectivity index (χ1n) is 7.67. The summed E-state index contributed by atoms with van der Waals surface area (Å²) in [6.07, 6.45) is 4.52. The van der Waals surface area contributed by atoms with Crippen LogP contribution in [0, 0.1) is 0 Å². The molecule has 0 aromatic heterocycles. The third-order valence-corrected chi connectivity index (χ3v) is 4.13. The number of benzene rings is 1. The van der Waals surface area contributed by atoms with E-state index in [0.717, 1.165) is 57.7 Å². The van der Waals surface area contributed by atoms with Crippen LogP contribution in [0.3, 0.4) is 0 Å². The minimum Gasteiger partial charge on any atom is -0.488 e. The topological polar surface area (TPSA) is 47.7 Å². The summed E-state index contributed by atoms with van der Waals surface area (Å²) >= 11 is 0. The van der Waals surface area contributed by atoms with Gasteiger partial charge in [-0.25, -0.2) is 0 Å². The zero-order valence-corrected chi connectivity index (χ0v) is 12.0. The summed E-state index contributed by atoms with van der Waals surface area (Å²) in [6.45, 7) is 3.61. The number of nitrogens with two attached hydrogens (primary N) is 1. The van der Waals surface area contributed by atoms with Crippen LogP contribution < -0.4 is 15.4 Å². The third-order valence-electron chi connectivity index (χ3n) is 4.13. The minimum atomic E-state index is 0.278. The SMILES string of the molecule is NC1CCCN(c2ccccc2OC2CCOCC2)C1. The molecule has 4 heteroatoms. The van der Waals surface area contributed by atoms with Crippen LogP contribution >= 0.6 is 0 Å². The van der Waals surface area contributed by atoms with Crippen LogP contribution in [0.4, 0.5) is 5.69 Å². The van der Waals surface area contributed by atoms with Crippen LogP contribution in [0.15, 0.2) is 24.3 Å². The molecular formula is C16H24N2O2. The lowest BCUT2D eigenvalue weighted by Crippen LogP contribution is -2.43. The highest BCUT2D eigenvalue weighted by atomic mass is 16.5. The zero-order valence-electron chi connectivity index (χ0n) is 12.0. The Labute approximate surface area is 120 Å². The average molecular weight is 276 g/mol. The summed E-state index contributed by atoms with van der Waals surface area (Å²) in [6, 6.07) is 8.62. The van der Waals surface area contributed by atoms with Crippen LogP contribution in [0.25, 0.3) is 0 Å². The molecule has 110 valence electrons. The highest BCUT2D eigenvalue weighted by Crippen LogP contribution is 2.31. The van der Waals surface area contributed by atoms with E-state index in [-0.39, 0.29) is 12.1 Å². The van der Waals surface area contributed by atoms with Crippen molar-refractivity contribution in [3.05, 3.63) is 24.3 Å². The molecule has 20 heavy (non-hydrogen) atoms. The van der Waals surface area contributed by atoms with Gasteiger partial charge in [0.05, 0.1) is 18.9 Å². The monoisotopic (exact) mass is 276 g/mol.